The fourth-order valence-electron chi connectivity index (χ4n) is 2.08. The Morgan fingerprint density at radius 3 is 2.80 bits per heavy atom. The molecular weight excluding hydrogens is 208 g/mol. The van der Waals surface area contributed by atoms with Gasteiger partial charge in [0.2, 0.25) is 0 Å². The molecule has 1 aromatic heterocycles. The SMILES string of the molecule is CCN1CCC(c2ncc(CO)s2)CC1. The summed E-state index contributed by atoms with van der Waals surface area (Å²) in [7, 11) is 0. The zero-order chi connectivity index (χ0) is 10.7. The molecule has 0 aromatic carbocycles. The van der Waals surface area contributed by atoms with Gasteiger partial charge in [0.15, 0.2) is 0 Å². The van der Waals surface area contributed by atoms with Crippen molar-refractivity contribution in [1.82, 2.24) is 9.88 Å². The Balaban J connectivity index is 1.95. The van der Waals surface area contributed by atoms with E-state index < -0.39 is 0 Å². The van der Waals surface area contributed by atoms with Crippen LogP contribution in [-0.4, -0.2) is 34.6 Å². The molecular formula is C11H18N2OS. The highest BCUT2D eigenvalue weighted by Crippen LogP contribution is 2.30. The molecule has 1 aliphatic heterocycles. The Morgan fingerprint density at radius 1 is 1.53 bits per heavy atom. The summed E-state index contributed by atoms with van der Waals surface area (Å²) in [6.07, 6.45) is 4.24. The molecule has 1 fully saturated rings. The van der Waals surface area contributed by atoms with Crippen molar-refractivity contribution < 1.29 is 5.11 Å². The molecule has 1 saturated heterocycles. The molecule has 1 aliphatic rings. The van der Waals surface area contributed by atoms with Gasteiger partial charge in [0, 0.05) is 12.1 Å². The van der Waals surface area contributed by atoms with E-state index in [1.165, 1.54) is 30.9 Å². The summed E-state index contributed by atoms with van der Waals surface area (Å²) in [4.78, 5) is 7.87. The second kappa shape index (κ2) is 5.05. The van der Waals surface area contributed by atoms with Crippen LogP contribution in [0.2, 0.25) is 0 Å². The fourth-order valence-corrected chi connectivity index (χ4v) is 3.03. The highest BCUT2D eigenvalue weighted by atomic mass is 32.1. The van der Waals surface area contributed by atoms with Gasteiger partial charge in [-0.3, -0.25) is 0 Å². The van der Waals surface area contributed by atoms with Crippen molar-refractivity contribution >= 4 is 11.3 Å². The topological polar surface area (TPSA) is 36.4 Å². The molecule has 0 aliphatic carbocycles. The van der Waals surface area contributed by atoms with E-state index in [0.717, 1.165) is 11.4 Å². The second-order valence-electron chi connectivity index (χ2n) is 4.03. The van der Waals surface area contributed by atoms with Gasteiger partial charge in [-0.05, 0) is 32.5 Å². The normalized spacial score (nSPS) is 19.6. The molecule has 0 atom stereocenters. The first-order chi connectivity index (χ1) is 7.33. The van der Waals surface area contributed by atoms with Gasteiger partial charge >= 0.3 is 0 Å². The molecule has 0 radical (unpaired) electrons. The number of likely N-dealkylation sites (tertiary alicyclic amines) is 1. The predicted octanol–water partition coefficient (Wildman–Crippen LogP) is 1.83. The van der Waals surface area contributed by atoms with E-state index in [9.17, 15) is 0 Å². The molecule has 1 N–H and O–H groups in total. The lowest BCUT2D eigenvalue weighted by Gasteiger charge is -2.29. The summed E-state index contributed by atoms with van der Waals surface area (Å²) < 4.78 is 0. The van der Waals surface area contributed by atoms with E-state index in [0.29, 0.717) is 5.92 Å². The van der Waals surface area contributed by atoms with Crippen LogP contribution in [0.3, 0.4) is 0 Å². The summed E-state index contributed by atoms with van der Waals surface area (Å²) in [6, 6.07) is 0. The van der Waals surface area contributed by atoms with Crippen LogP contribution in [0.4, 0.5) is 0 Å². The average Bonchev–Trinajstić information content (AvgIpc) is 2.78. The van der Waals surface area contributed by atoms with Gasteiger partial charge in [-0.2, -0.15) is 0 Å². The predicted molar refractivity (Wildman–Crippen MR) is 62.1 cm³/mol. The van der Waals surface area contributed by atoms with E-state index in [1.807, 2.05) is 6.20 Å². The first kappa shape index (κ1) is 11.0. The van der Waals surface area contributed by atoms with Crippen molar-refractivity contribution in [1.29, 1.82) is 0 Å². The second-order valence-corrected chi connectivity index (χ2v) is 5.18. The van der Waals surface area contributed by atoms with Crippen molar-refractivity contribution in [2.75, 3.05) is 19.6 Å². The molecule has 0 amide bonds. The van der Waals surface area contributed by atoms with Crippen molar-refractivity contribution in [3.05, 3.63) is 16.1 Å². The number of aliphatic hydroxyl groups excluding tert-OH is 1. The number of hydrogen-bond acceptors (Lipinski definition) is 4. The lowest BCUT2D eigenvalue weighted by molar-refractivity contribution is 0.222. The van der Waals surface area contributed by atoms with Gasteiger partial charge in [-0.25, -0.2) is 4.98 Å². The smallest absolute Gasteiger partial charge is 0.0960 e. The largest absolute Gasteiger partial charge is 0.391 e. The minimum absolute atomic E-state index is 0.130. The number of thiazole rings is 1. The van der Waals surface area contributed by atoms with Gasteiger partial charge in [0.1, 0.15) is 0 Å². The van der Waals surface area contributed by atoms with Crippen LogP contribution >= 0.6 is 11.3 Å². The molecule has 0 unspecified atom stereocenters. The van der Waals surface area contributed by atoms with E-state index in [2.05, 4.69) is 16.8 Å². The third-order valence-corrected chi connectivity index (χ3v) is 4.26. The quantitative estimate of drug-likeness (QED) is 0.854. The van der Waals surface area contributed by atoms with E-state index in [1.54, 1.807) is 11.3 Å². The Bertz CT molecular complexity index is 305. The third kappa shape index (κ3) is 2.56. The molecule has 84 valence electrons. The maximum atomic E-state index is 8.99. The summed E-state index contributed by atoms with van der Waals surface area (Å²) >= 11 is 1.67. The van der Waals surface area contributed by atoms with Crippen molar-refractivity contribution in [2.45, 2.75) is 32.3 Å². The Labute approximate surface area is 94.8 Å². The maximum Gasteiger partial charge on any atom is 0.0960 e. The molecule has 2 rings (SSSR count). The molecule has 15 heavy (non-hydrogen) atoms. The number of rotatable bonds is 3. The number of aliphatic hydroxyl groups is 1. The van der Waals surface area contributed by atoms with Gasteiger partial charge in [0.05, 0.1) is 16.5 Å². The molecule has 4 heteroatoms. The van der Waals surface area contributed by atoms with Gasteiger partial charge in [0.25, 0.3) is 0 Å². The fraction of sp³-hybridized carbons (Fsp3) is 0.727. The van der Waals surface area contributed by atoms with Gasteiger partial charge in [-0.15, -0.1) is 11.3 Å². The van der Waals surface area contributed by atoms with Crippen molar-refractivity contribution in [3.8, 4) is 0 Å². The third-order valence-electron chi connectivity index (χ3n) is 3.11. The van der Waals surface area contributed by atoms with Crippen LogP contribution in [0.15, 0.2) is 6.20 Å². The van der Waals surface area contributed by atoms with Crippen molar-refractivity contribution in [3.63, 3.8) is 0 Å². The molecule has 0 saturated carbocycles. The molecule has 0 spiro atoms. The van der Waals surface area contributed by atoms with Crippen molar-refractivity contribution in [2.24, 2.45) is 0 Å². The van der Waals surface area contributed by atoms with Crippen LogP contribution in [0.5, 0.6) is 0 Å². The summed E-state index contributed by atoms with van der Waals surface area (Å²) in [5, 5.41) is 10.2. The first-order valence-electron chi connectivity index (χ1n) is 5.61. The summed E-state index contributed by atoms with van der Waals surface area (Å²) in [6.45, 7) is 5.88. The molecule has 2 heterocycles. The first-order valence-corrected chi connectivity index (χ1v) is 6.43. The Morgan fingerprint density at radius 2 is 2.27 bits per heavy atom. The molecule has 0 bridgehead atoms. The van der Waals surface area contributed by atoms with Gasteiger partial charge in [-0.1, -0.05) is 6.92 Å². The van der Waals surface area contributed by atoms with E-state index >= 15 is 0 Å². The zero-order valence-electron chi connectivity index (χ0n) is 9.15. The number of aromatic nitrogens is 1. The number of hydrogen-bond donors (Lipinski definition) is 1. The van der Waals surface area contributed by atoms with Crippen LogP contribution in [-0.2, 0) is 6.61 Å². The van der Waals surface area contributed by atoms with Crippen LogP contribution in [0.25, 0.3) is 0 Å². The highest BCUT2D eigenvalue weighted by Gasteiger charge is 2.21. The lowest BCUT2D eigenvalue weighted by Crippen LogP contribution is -2.32. The minimum atomic E-state index is 0.130. The van der Waals surface area contributed by atoms with Crippen LogP contribution in [0.1, 0.15) is 35.6 Å². The Hall–Kier alpha value is -0.450. The van der Waals surface area contributed by atoms with Crippen LogP contribution < -0.4 is 0 Å². The molecule has 1 aromatic rings. The number of piperidine rings is 1. The summed E-state index contributed by atoms with van der Waals surface area (Å²) in [5.74, 6) is 0.623. The highest BCUT2D eigenvalue weighted by molar-refractivity contribution is 7.11. The maximum absolute atomic E-state index is 8.99. The lowest BCUT2D eigenvalue weighted by atomic mass is 9.98. The Kier molecular flexibility index (Phi) is 3.72. The van der Waals surface area contributed by atoms with E-state index in [-0.39, 0.29) is 6.61 Å². The number of nitrogens with zero attached hydrogens (tertiary/aromatic N) is 2. The monoisotopic (exact) mass is 226 g/mol. The summed E-state index contributed by atoms with van der Waals surface area (Å²) in [5.41, 5.74) is 0. The van der Waals surface area contributed by atoms with Gasteiger partial charge < -0.3 is 10.0 Å². The molecule has 3 nitrogen and oxygen atoms in total. The average molecular weight is 226 g/mol. The standard InChI is InChI=1S/C11H18N2OS/c1-2-13-5-3-9(4-6-13)11-12-7-10(8-14)15-11/h7,9,14H,2-6,8H2,1H3. The zero-order valence-corrected chi connectivity index (χ0v) is 9.96. The van der Waals surface area contributed by atoms with Crippen LogP contribution in [0, 0.1) is 0 Å². The minimum Gasteiger partial charge on any atom is -0.391 e. The van der Waals surface area contributed by atoms with E-state index in [4.69, 9.17) is 5.11 Å².